The highest BCUT2D eigenvalue weighted by Gasteiger charge is 2.24. The van der Waals surface area contributed by atoms with E-state index < -0.39 is 0 Å². The Bertz CT molecular complexity index is 1130. The fourth-order valence-electron chi connectivity index (χ4n) is 3.68. The molecule has 0 bridgehead atoms. The number of carbonyl (C=O) groups excluding carboxylic acids is 1. The molecule has 3 aromatic carbocycles. The van der Waals surface area contributed by atoms with Crippen LogP contribution in [-0.4, -0.2) is 38.4 Å². The summed E-state index contributed by atoms with van der Waals surface area (Å²) in [6, 6.07) is 28.3. The molecule has 1 amide bonds. The van der Waals surface area contributed by atoms with Crippen LogP contribution < -0.4 is 0 Å². The van der Waals surface area contributed by atoms with Gasteiger partial charge >= 0.3 is 0 Å². The van der Waals surface area contributed by atoms with E-state index in [-0.39, 0.29) is 17.7 Å². The Labute approximate surface area is 193 Å². The monoisotopic (exact) mass is 442 g/mol. The zero-order valence-corrected chi connectivity index (χ0v) is 19.3. The van der Waals surface area contributed by atoms with E-state index >= 15 is 0 Å². The summed E-state index contributed by atoms with van der Waals surface area (Å²) in [5.41, 5.74) is 4.37. The molecule has 6 heteroatoms. The second-order valence-electron chi connectivity index (χ2n) is 7.75. The smallest absolute Gasteiger partial charge is 0.233 e. The lowest BCUT2D eigenvalue weighted by atomic mass is 9.97. The Morgan fingerprint density at radius 1 is 0.906 bits per heavy atom. The highest BCUT2D eigenvalue weighted by molar-refractivity contribution is 7.99. The molecule has 0 saturated carbocycles. The lowest BCUT2D eigenvalue weighted by molar-refractivity contribution is -0.128. The molecule has 32 heavy (non-hydrogen) atoms. The molecular weight excluding hydrogens is 416 g/mol. The van der Waals surface area contributed by atoms with Crippen molar-refractivity contribution in [3.63, 3.8) is 0 Å². The van der Waals surface area contributed by atoms with Gasteiger partial charge in [-0.05, 0) is 18.1 Å². The van der Waals surface area contributed by atoms with Gasteiger partial charge in [-0.2, -0.15) is 0 Å². The van der Waals surface area contributed by atoms with E-state index in [1.54, 1.807) is 0 Å². The number of hydrogen-bond acceptors (Lipinski definition) is 4. The van der Waals surface area contributed by atoms with Gasteiger partial charge in [-0.15, -0.1) is 10.2 Å². The molecule has 4 aromatic rings. The molecule has 0 aliphatic rings. The number of hydrogen-bond donors (Lipinski definition) is 0. The Kier molecular flexibility index (Phi) is 6.71. The number of rotatable bonds is 7. The molecule has 0 unspecified atom stereocenters. The standard InChI is InChI=1S/C26H26N4OS/c1-19-14-16-22(17-15-19)25-27-28-26(30(25)3)32-18-23(31)29(2)24(20-10-6-4-7-11-20)21-12-8-5-9-13-21/h4-17,24H,18H2,1-3H3. The quantitative estimate of drug-likeness (QED) is 0.372. The fraction of sp³-hybridized carbons (Fsp3) is 0.192. The Morgan fingerprint density at radius 2 is 1.47 bits per heavy atom. The van der Waals surface area contributed by atoms with E-state index in [9.17, 15) is 4.79 Å². The summed E-state index contributed by atoms with van der Waals surface area (Å²) in [7, 11) is 3.80. The molecule has 4 rings (SSSR count). The zero-order valence-electron chi connectivity index (χ0n) is 18.5. The normalized spacial score (nSPS) is 11.0. The predicted molar refractivity (Wildman–Crippen MR) is 129 cm³/mol. The van der Waals surface area contributed by atoms with Gasteiger partial charge in [0.25, 0.3) is 0 Å². The number of aryl methyl sites for hydroxylation is 1. The van der Waals surface area contributed by atoms with Crippen molar-refractivity contribution in [1.82, 2.24) is 19.7 Å². The maximum absolute atomic E-state index is 13.2. The van der Waals surface area contributed by atoms with Gasteiger partial charge in [0.2, 0.25) is 5.91 Å². The molecule has 0 aliphatic carbocycles. The van der Waals surface area contributed by atoms with Crippen molar-refractivity contribution in [2.75, 3.05) is 12.8 Å². The van der Waals surface area contributed by atoms with Crippen molar-refractivity contribution < 1.29 is 4.79 Å². The molecule has 0 spiro atoms. The fourth-order valence-corrected chi connectivity index (χ4v) is 4.51. The van der Waals surface area contributed by atoms with Crippen molar-refractivity contribution >= 4 is 17.7 Å². The molecule has 0 fully saturated rings. The third kappa shape index (κ3) is 4.75. The third-order valence-electron chi connectivity index (χ3n) is 5.48. The Balaban J connectivity index is 1.50. The molecular formula is C26H26N4OS. The van der Waals surface area contributed by atoms with Crippen LogP contribution in [0.3, 0.4) is 0 Å². The second kappa shape index (κ2) is 9.83. The van der Waals surface area contributed by atoms with Gasteiger partial charge in [-0.25, -0.2) is 0 Å². The topological polar surface area (TPSA) is 51.0 Å². The van der Waals surface area contributed by atoms with Gasteiger partial charge in [0.05, 0.1) is 11.8 Å². The number of thioether (sulfide) groups is 1. The van der Waals surface area contributed by atoms with Gasteiger partial charge < -0.3 is 9.47 Å². The van der Waals surface area contributed by atoms with E-state index in [0.29, 0.717) is 0 Å². The van der Waals surface area contributed by atoms with Crippen LogP contribution in [0.5, 0.6) is 0 Å². The molecule has 0 saturated heterocycles. The number of amides is 1. The average Bonchev–Trinajstić information content (AvgIpc) is 3.19. The van der Waals surface area contributed by atoms with Gasteiger partial charge in [-0.3, -0.25) is 4.79 Å². The van der Waals surface area contributed by atoms with Gasteiger partial charge in [0, 0.05) is 19.7 Å². The van der Waals surface area contributed by atoms with Gasteiger partial charge in [0.15, 0.2) is 11.0 Å². The minimum Gasteiger partial charge on any atom is -0.334 e. The lowest BCUT2D eigenvalue weighted by Gasteiger charge is -2.29. The van der Waals surface area contributed by atoms with Crippen LogP contribution in [-0.2, 0) is 11.8 Å². The van der Waals surface area contributed by atoms with Crippen molar-refractivity contribution in [2.24, 2.45) is 7.05 Å². The number of benzene rings is 3. The molecule has 0 radical (unpaired) electrons. The first-order valence-corrected chi connectivity index (χ1v) is 11.5. The van der Waals surface area contributed by atoms with Gasteiger partial charge in [0.1, 0.15) is 0 Å². The summed E-state index contributed by atoms with van der Waals surface area (Å²) in [6.45, 7) is 2.06. The van der Waals surface area contributed by atoms with Crippen molar-refractivity contribution in [3.05, 3.63) is 102 Å². The first-order valence-electron chi connectivity index (χ1n) is 10.5. The maximum atomic E-state index is 13.2. The highest BCUT2D eigenvalue weighted by atomic mass is 32.2. The summed E-state index contributed by atoms with van der Waals surface area (Å²) < 4.78 is 1.94. The van der Waals surface area contributed by atoms with Crippen LogP contribution >= 0.6 is 11.8 Å². The van der Waals surface area contributed by atoms with Crippen LogP contribution in [0, 0.1) is 6.92 Å². The molecule has 1 aromatic heterocycles. The minimum atomic E-state index is -0.145. The predicted octanol–water partition coefficient (Wildman–Crippen LogP) is 5.13. The number of aromatic nitrogens is 3. The summed E-state index contributed by atoms with van der Waals surface area (Å²) in [5, 5.41) is 9.37. The van der Waals surface area contributed by atoms with E-state index in [0.717, 1.165) is 27.7 Å². The Hall–Kier alpha value is -3.38. The van der Waals surface area contributed by atoms with Crippen molar-refractivity contribution in [2.45, 2.75) is 18.1 Å². The van der Waals surface area contributed by atoms with Crippen LogP contribution in [0.15, 0.2) is 90.1 Å². The average molecular weight is 443 g/mol. The largest absolute Gasteiger partial charge is 0.334 e. The summed E-state index contributed by atoms with van der Waals surface area (Å²) in [4.78, 5) is 15.0. The number of carbonyl (C=O) groups is 1. The zero-order chi connectivity index (χ0) is 22.5. The van der Waals surface area contributed by atoms with E-state index in [2.05, 4.69) is 53.5 Å². The summed E-state index contributed by atoms with van der Waals surface area (Å²) >= 11 is 1.41. The van der Waals surface area contributed by atoms with Crippen LogP contribution in [0.2, 0.25) is 0 Å². The minimum absolute atomic E-state index is 0.0348. The molecule has 0 atom stereocenters. The molecule has 162 valence electrons. The van der Waals surface area contributed by atoms with E-state index in [4.69, 9.17) is 0 Å². The summed E-state index contributed by atoms with van der Waals surface area (Å²) in [6.07, 6.45) is 0. The molecule has 0 aliphatic heterocycles. The first kappa shape index (κ1) is 21.8. The van der Waals surface area contributed by atoms with E-state index in [1.807, 2.05) is 72.1 Å². The molecule has 0 N–H and O–H groups in total. The van der Waals surface area contributed by atoms with Crippen molar-refractivity contribution in [1.29, 1.82) is 0 Å². The van der Waals surface area contributed by atoms with Crippen LogP contribution in [0.1, 0.15) is 22.7 Å². The van der Waals surface area contributed by atoms with Crippen molar-refractivity contribution in [3.8, 4) is 11.4 Å². The SMILES string of the molecule is Cc1ccc(-c2nnc(SCC(=O)N(C)C(c3ccccc3)c3ccccc3)n2C)cc1. The van der Waals surface area contributed by atoms with Crippen LogP contribution in [0.25, 0.3) is 11.4 Å². The lowest BCUT2D eigenvalue weighted by Crippen LogP contribution is -2.33. The second-order valence-corrected chi connectivity index (χ2v) is 8.69. The first-order chi connectivity index (χ1) is 15.5. The third-order valence-corrected chi connectivity index (χ3v) is 6.49. The highest BCUT2D eigenvalue weighted by Crippen LogP contribution is 2.29. The van der Waals surface area contributed by atoms with Crippen LogP contribution in [0.4, 0.5) is 0 Å². The maximum Gasteiger partial charge on any atom is 0.233 e. The molecule has 5 nitrogen and oxygen atoms in total. The van der Waals surface area contributed by atoms with Gasteiger partial charge in [-0.1, -0.05) is 102 Å². The molecule has 1 heterocycles. The summed E-state index contributed by atoms with van der Waals surface area (Å²) in [5.74, 6) is 1.11. The Morgan fingerprint density at radius 3 is 2.03 bits per heavy atom. The number of nitrogens with zero attached hydrogens (tertiary/aromatic N) is 4. The van der Waals surface area contributed by atoms with E-state index in [1.165, 1.54) is 17.3 Å².